The van der Waals surface area contributed by atoms with Gasteiger partial charge in [0.2, 0.25) is 0 Å². The van der Waals surface area contributed by atoms with Gasteiger partial charge in [-0.05, 0) is 36.6 Å². The molecule has 1 aliphatic rings. The van der Waals surface area contributed by atoms with E-state index >= 15 is 0 Å². The Morgan fingerprint density at radius 1 is 1.30 bits per heavy atom. The standard InChI is InChI=1S/C19H21ClN2O5/c1-25-19-9-13(4-7-18(19)27-12-15-3-2-8-26-15)11-21-17-6-5-14(22(23)24)10-16(17)20/h4-7,9-10,15,21H,2-3,8,11-12H2,1H3. The molecule has 1 fully saturated rings. The van der Waals surface area contributed by atoms with Crippen LogP contribution < -0.4 is 14.8 Å². The number of methoxy groups -OCH3 is 1. The summed E-state index contributed by atoms with van der Waals surface area (Å²) in [6.45, 7) is 1.78. The van der Waals surface area contributed by atoms with Crippen LogP contribution in [0.25, 0.3) is 0 Å². The molecule has 7 nitrogen and oxygen atoms in total. The summed E-state index contributed by atoms with van der Waals surface area (Å²) in [4.78, 5) is 10.3. The number of rotatable bonds is 8. The summed E-state index contributed by atoms with van der Waals surface area (Å²) in [5.41, 5.74) is 1.55. The molecular weight excluding hydrogens is 372 g/mol. The van der Waals surface area contributed by atoms with Crippen molar-refractivity contribution in [3.05, 3.63) is 57.1 Å². The first-order valence-corrected chi connectivity index (χ1v) is 9.03. The zero-order valence-corrected chi connectivity index (χ0v) is 15.7. The second-order valence-corrected chi connectivity index (χ2v) is 6.61. The highest BCUT2D eigenvalue weighted by molar-refractivity contribution is 6.33. The average molecular weight is 393 g/mol. The highest BCUT2D eigenvalue weighted by Gasteiger charge is 2.17. The normalized spacial score (nSPS) is 16.1. The molecule has 2 aromatic carbocycles. The van der Waals surface area contributed by atoms with Gasteiger partial charge in [-0.15, -0.1) is 0 Å². The molecule has 0 spiro atoms. The van der Waals surface area contributed by atoms with E-state index in [0.29, 0.717) is 35.4 Å². The first kappa shape index (κ1) is 19.3. The Hall–Kier alpha value is -2.51. The van der Waals surface area contributed by atoms with E-state index in [2.05, 4.69) is 5.32 Å². The minimum absolute atomic E-state index is 0.0417. The number of halogens is 1. The SMILES string of the molecule is COc1cc(CNc2ccc([N+](=O)[O-])cc2Cl)ccc1OCC1CCCO1. The van der Waals surface area contributed by atoms with Gasteiger partial charge in [-0.3, -0.25) is 10.1 Å². The summed E-state index contributed by atoms with van der Waals surface area (Å²) < 4.78 is 16.8. The molecule has 1 atom stereocenters. The lowest BCUT2D eigenvalue weighted by Crippen LogP contribution is -2.16. The van der Waals surface area contributed by atoms with Crippen LogP contribution in [0.4, 0.5) is 11.4 Å². The fourth-order valence-corrected chi connectivity index (χ4v) is 3.10. The van der Waals surface area contributed by atoms with Crippen molar-refractivity contribution in [3.63, 3.8) is 0 Å². The number of hydrogen-bond donors (Lipinski definition) is 1. The van der Waals surface area contributed by atoms with Crippen molar-refractivity contribution in [1.29, 1.82) is 0 Å². The Kier molecular flexibility index (Phi) is 6.36. The highest BCUT2D eigenvalue weighted by atomic mass is 35.5. The van der Waals surface area contributed by atoms with Gasteiger partial charge < -0.3 is 19.5 Å². The fraction of sp³-hybridized carbons (Fsp3) is 0.368. The van der Waals surface area contributed by atoms with E-state index in [1.807, 2.05) is 18.2 Å². The zero-order valence-electron chi connectivity index (χ0n) is 14.9. The van der Waals surface area contributed by atoms with Gasteiger partial charge in [0.05, 0.1) is 28.8 Å². The lowest BCUT2D eigenvalue weighted by Gasteiger charge is -2.15. The summed E-state index contributed by atoms with van der Waals surface area (Å²) in [5.74, 6) is 1.31. The van der Waals surface area contributed by atoms with Crippen LogP contribution >= 0.6 is 11.6 Å². The van der Waals surface area contributed by atoms with E-state index in [1.54, 1.807) is 13.2 Å². The van der Waals surface area contributed by atoms with E-state index < -0.39 is 4.92 Å². The zero-order chi connectivity index (χ0) is 19.2. The predicted molar refractivity (Wildman–Crippen MR) is 103 cm³/mol. The number of non-ortho nitro benzene ring substituents is 1. The third kappa shape index (κ3) is 5.02. The van der Waals surface area contributed by atoms with Crippen LogP contribution in [0, 0.1) is 10.1 Å². The van der Waals surface area contributed by atoms with Crippen molar-refractivity contribution in [2.24, 2.45) is 0 Å². The van der Waals surface area contributed by atoms with Gasteiger partial charge in [-0.25, -0.2) is 0 Å². The van der Waals surface area contributed by atoms with Crippen LogP contribution in [0.3, 0.4) is 0 Å². The maximum atomic E-state index is 10.8. The van der Waals surface area contributed by atoms with E-state index in [4.69, 9.17) is 25.8 Å². The third-order valence-corrected chi connectivity index (χ3v) is 4.64. The topological polar surface area (TPSA) is 82.9 Å². The Morgan fingerprint density at radius 2 is 2.15 bits per heavy atom. The third-order valence-electron chi connectivity index (χ3n) is 4.32. The minimum atomic E-state index is -0.476. The molecule has 0 bridgehead atoms. The molecule has 1 aliphatic heterocycles. The number of hydrogen-bond acceptors (Lipinski definition) is 6. The minimum Gasteiger partial charge on any atom is -0.493 e. The van der Waals surface area contributed by atoms with Crippen molar-refractivity contribution in [1.82, 2.24) is 0 Å². The number of nitro groups is 1. The molecule has 2 aromatic rings. The Bertz CT molecular complexity index is 809. The molecular formula is C19H21ClN2O5. The number of nitro benzene ring substituents is 1. The molecule has 0 aromatic heterocycles. The molecule has 0 saturated carbocycles. The highest BCUT2D eigenvalue weighted by Crippen LogP contribution is 2.30. The van der Waals surface area contributed by atoms with Gasteiger partial charge in [0.25, 0.3) is 5.69 Å². The van der Waals surface area contributed by atoms with E-state index in [-0.39, 0.29) is 11.8 Å². The van der Waals surface area contributed by atoms with E-state index in [1.165, 1.54) is 12.1 Å². The first-order valence-electron chi connectivity index (χ1n) is 8.66. The summed E-state index contributed by atoms with van der Waals surface area (Å²) >= 11 is 6.10. The quantitative estimate of drug-likeness (QED) is 0.528. The fourth-order valence-electron chi connectivity index (χ4n) is 2.86. The lowest BCUT2D eigenvalue weighted by atomic mass is 10.2. The Morgan fingerprint density at radius 3 is 2.81 bits per heavy atom. The summed E-state index contributed by atoms with van der Waals surface area (Å²) in [5, 5.41) is 14.2. The second-order valence-electron chi connectivity index (χ2n) is 6.21. The molecule has 0 radical (unpaired) electrons. The molecule has 3 rings (SSSR count). The Labute approximate surface area is 162 Å². The van der Waals surface area contributed by atoms with Crippen LogP contribution in [0.1, 0.15) is 18.4 Å². The lowest BCUT2D eigenvalue weighted by molar-refractivity contribution is -0.384. The van der Waals surface area contributed by atoms with Crippen molar-refractivity contribution in [3.8, 4) is 11.5 Å². The van der Waals surface area contributed by atoms with Crippen LogP contribution in [0.5, 0.6) is 11.5 Å². The monoisotopic (exact) mass is 392 g/mol. The molecule has 0 amide bonds. The number of anilines is 1. The van der Waals surface area contributed by atoms with Crippen molar-refractivity contribution < 1.29 is 19.1 Å². The smallest absolute Gasteiger partial charge is 0.271 e. The summed E-state index contributed by atoms with van der Waals surface area (Å²) in [7, 11) is 1.60. The van der Waals surface area contributed by atoms with Crippen molar-refractivity contribution in [2.75, 3.05) is 25.6 Å². The van der Waals surface area contributed by atoms with Crippen LogP contribution in [0.2, 0.25) is 5.02 Å². The molecule has 8 heteroatoms. The van der Waals surface area contributed by atoms with Gasteiger partial charge in [0.1, 0.15) is 6.61 Å². The average Bonchev–Trinajstić information content (AvgIpc) is 3.19. The molecule has 1 N–H and O–H groups in total. The number of nitrogens with one attached hydrogen (secondary N) is 1. The second kappa shape index (κ2) is 8.92. The summed E-state index contributed by atoms with van der Waals surface area (Å²) in [6.07, 6.45) is 2.22. The molecule has 0 aliphatic carbocycles. The van der Waals surface area contributed by atoms with Crippen LogP contribution in [0.15, 0.2) is 36.4 Å². The van der Waals surface area contributed by atoms with Crippen molar-refractivity contribution in [2.45, 2.75) is 25.5 Å². The summed E-state index contributed by atoms with van der Waals surface area (Å²) in [6, 6.07) is 10.0. The van der Waals surface area contributed by atoms with E-state index in [9.17, 15) is 10.1 Å². The molecule has 27 heavy (non-hydrogen) atoms. The number of nitrogens with zero attached hydrogens (tertiary/aromatic N) is 1. The molecule has 144 valence electrons. The van der Waals surface area contributed by atoms with Crippen LogP contribution in [-0.4, -0.2) is 31.4 Å². The Balaban J connectivity index is 1.62. The molecule has 1 heterocycles. The molecule has 1 saturated heterocycles. The maximum Gasteiger partial charge on any atom is 0.271 e. The van der Waals surface area contributed by atoms with Crippen LogP contribution in [-0.2, 0) is 11.3 Å². The van der Waals surface area contributed by atoms with Gasteiger partial charge in [-0.1, -0.05) is 17.7 Å². The van der Waals surface area contributed by atoms with Gasteiger partial charge in [0.15, 0.2) is 11.5 Å². The molecule has 1 unspecified atom stereocenters. The van der Waals surface area contributed by atoms with Gasteiger partial charge in [-0.2, -0.15) is 0 Å². The first-order chi connectivity index (χ1) is 13.1. The van der Waals surface area contributed by atoms with Gasteiger partial charge >= 0.3 is 0 Å². The number of benzene rings is 2. The number of ether oxygens (including phenoxy) is 3. The maximum absolute atomic E-state index is 10.8. The largest absolute Gasteiger partial charge is 0.493 e. The van der Waals surface area contributed by atoms with Crippen molar-refractivity contribution >= 4 is 23.0 Å². The van der Waals surface area contributed by atoms with Gasteiger partial charge in [0, 0.05) is 25.3 Å². The van der Waals surface area contributed by atoms with E-state index in [0.717, 1.165) is 25.0 Å². The predicted octanol–water partition coefficient (Wildman–Crippen LogP) is 4.43.